The van der Waals surface area contributed by atoms with Crippen LogP contribution < -0.4 is 0 Å². The zero-order valence-electron chi connectivity index (χ0n) is 5.61. The minimum absolute atomic E-state index is 0.0220. The maximum atomic E-state index is 5.44. The van der Waals surface area contributed by atoms with Crippen LogP contribution >= 0.6 is 0 Å². The van der Waals surface area contributed by atoms with Gasteiger partial charge >= 0.3 is 0 Å². The van der Waals surface area contributed by atoms with Gasteiger partial charge in [-0.25, -0.2) is 0 Å². The highest BCUT2D eigenvalue weighted by molar-refractivity contribution is 4.98. The Balaban J connectivity index is 2.19. The van der Waals surface area contributed by atoms with E-state index in [1.165, 1.54) is 0 Å². The Labute approximate surface area is 51.0 Å². The summed E-state index contributed by atoms with van der Waals surface area (Å²) in [5.41, 5.74) is 0.0220. The average Bonchev–Trinajstić information content (AvgIpc) is 2.17. The fourth-order valence-corrected chi connectivity index (χ4v) is 0.757. The molecule has 1 aliphatic rings. The molecule has 1 nitrogen and oxygen atoms in total. The van der Waals surface area contributed by atoms with Crippen LogP contribution in [-0.2, 0) is 4.74 Å². The van der Waals surface area contributed by atoms with E-state index in [-0.39, 0.29) is 5.60 Å². The third kappa shape index (κ3) is 1.48. The Kier molecular flexibility index (Phi) is 1.31. The van der Waals surface area contributed by atoms with Gasteiger partial charge in [0.2, 0.25) is 0 Å². The Morgan fingerprint density at radius 2 is 2.00 bits per heavy atom. The lowest BCUT2D eigenvalue weighted by molar-refractivity contribution is 0.0170. The van der Waals surface area contributed by atoms with Gasteiger partial charge in [0, 0.05) is 0 Å². The molecular weight excluding hydrogens is 100 g/mol. The van der Waals surface area contributed by atoms with E-state index in [0.717, 1.165) is 12.8 Å². The van der Waals surface area contributed by atoms with E-state index < -0.39 is 0 Å². The van der Waals surface area contributed by atoms with E-state index in [2.05, 4.69) is 6.92 Å². The SMILES string of the molecule is [CH2]C1(OC(C)C)CC1. The van der Waals surface area contributed by atoms with Crippen molar-refractivity contribution in [3.63, 3.8) is 0 Å². The van der Waals surface area contributed by atoms with Crippen LogP contribution in [0.15, 0.2) is 0 Å². The maximum Gasteiger partial charge on any atom is 0.0689 e. The first-order valence-corrected chi connectivity index (χ1v) is 3.16. The largest absolute Gasteiger partial charge is 0.372 e. The molecule has 1 aliphatic carbocycles. The molecule has 1 heteroatoms. The van der Waals surface area contributed by atoms with Crippen molar-refractivity contribution in [3.05, 3.63) is 6.92 Å². The number of ether oxygens (including phenoxy) is 1. The standard InChI is InChI=1S/C7H13O/c1-6(2)8-7(3)4-5-7/h6H,3-5H2,1-2H3. The van der Waals surface area contributed by atoms with Crippen LogP contribution in [-0.4, -0.2) is 11.7 Å². The molecule has 1 fully saturated rings. The number of rotatable bonds is 2. The van der Waals surface area contributed by atoms with Gasteiger partial charge in [-0.15, -0.1) is 0 Å². The molecular formula is C7H13O. The van der Waals surface area contributed by atoms with Crippen molar-refractivity contribution in [2.24, 2.45) is 0 Å². The van der Waals surface area contributed by atoms with Gasteiger partial charge in [0.05, 0.1) is 11.7 Å². The average molecular weight is 113 g/mol. The molecule has 8 heavy (non-hydrogen) atoms. The Hall–Kier alpha value is -0.0400. The lowest BCUT2D eigenvalue weighted by Crippen LogP contribution is -2.14. The molecule has 0 unspecified atom stereocenters. The normalized spacial score (nSPS) is 24.0. The molecule has 0 spiro atoms. The van der Waals surface area contributed by atoms with Crippen molar-refractivity contribution in [1.29, 1.82) is 0 Å². The smallest absolute Gasteiger partial charge is 0.0689 e. The number of hydrogen-bond donors (Lipinski definition) is 0. The van der Waals surface area contributed by atoms with E-state index in [0.29, 0.717) is 6.10 Å². The number of hydrogen-bond acceptors (Lipinski definition) is 1. The fraction of sp³-hybridized carbons (Fsp3) is 0.857. The van der Waals surface area contributed by atoms with Crippen molar-refractivity contribution in [2.45, 2.75) is 38.4 Å². The van der Waals surface area contributed by atoms with Gasteiger partial charge in [-0.2, -0.15) is 0 Å². The maximum absolute atomic E-state index is 5.44. The quantitative estimate of drug-likeness (QED) is 0.530. The van der Waals surface area contributed by atoms with Crippen molar-refractivity contribution < 1.29 is 4.74 Å². The predicted molar refractivity (Wildman–Crippen MR) is 33.5 cm³/mol. The molecule has 1 saturated carbocycles. The minimum atomic E-state index is 0.0220. The summed E-state index contributed by atoms with van der Waals surface area (Å²) in [4.78, 5) is 0. The first-order chi connectivity index (χ1) is 3.62. The molecule has 0 atom stereocenters. The van der Waals surface area contributed by atoms with Crippen LogP contribution in [0.2, 0.25) is 0 Å². The molecule has 0 heterocycles. The van der Waals surface area contributed by atoms with Crippen molar-refractivity contribution in [3.8, 4) is 0 Å². The highest BCUT2D eigenvalue weighted by Crippen LogP contribution is 2.38. The van der Waals surface area contributed by atoms with Crippen molar-refractivity contribution in [1.82, 2.24) is 0 Å². The Morgan fingerprint density at radius 3 is 2.12 bits per heavy atom. The van der Waals surface area contributed by atoms with E-state index >= 15 is 0 Å². The summed E-state index contributed by atoms with van der Waals surface area (Å²) in [5, 5.41) is 0. The predicted octanol–water partition coefficient (Wildman–Crippen LogP) is 1.78. The molecule has 0 aromatic carbocycles. The van der Waals surface area contributed by atoms with Gasteiger partial charge in [-0.3, -0.25) is 0 Å². The zero-order chi connectivity index (χ0) is 6.20. The second-order valence-electron chi connectivity index (χ2n) is 2.85. The lowest BCUT2D eigenvalue weighted by Gasteiger charge is -2.12. The van der Waals surface area contributed by atoms with Crippen LogP contribution in [0.4, 0.5) is 0 Å². The molecule has 0 saturated heterocycles. The molecule has 0 aromatic rings. The molecule has 0 aliphatic heterocycles. The topological polar surface area (TPSA) is 9.23 Å². The third-order valence-electron chi connectivity index (χ3n) is 1.29. The summed E-state index contributed by atoms with van der Waals surface area (Å²) in [5.74, 6) is 0. The molecule has 0 bridgehead atoms. The highest BCUT2D eigenvalue weighted by atomic mass is 16.5. The summed E-state index contributed by atoms with van der Waals surface area (Å²) in [6, 6.07) is 0. The van der Waals surface area contributed by atoms with E-state index in [1.54, 1.807) is 0 Å². The molecule has 47 valence electrons. The zero-order valence-corrected chi connectivity index (χ0v) is 5.61. The van der Waals surface area contributed by atoms with Crippen LogP contribution in [0.25, 0.3) is 0 Å². The Morgan fingerprint density at radius 1 is 1.50 bits per heavy atom. The monoisotopic (exact) mass is 113 g/mol. The summed E-state index contributed by atoms with van der Waals surface area (Å²) in [6.45, 7) is 7.99. The summed E-state index contributed by atoms with van der Waals surface area (Å²) in [7, 11) is 0. The molecule has 1 radical (unpaired) electrons. The summed E-state index contributed by atoms with van der Waals surface area (Å²) >= 11 is 0. The summed E-state index contributed by atoms with van der Waals surface area (Å²) < 4.78 is 5.44. The van der Waals surface area contributed by atoms with Crippen LogP contribution in [0.5, 0.6) is 0 Å². The molecule has 1 rings (SSSR count). The molecule has 0 aromatic heterocycles. The second kappa shape index (κ2) is 1.73. The van der Waals surface area contributed by atoms with Crippen LogP contribution in [0, 0.1) is 6.92 Å². The molecule has 0 N–H and O–H groups in total. The van der Waals surface area contributed by atoms with Crippen molar-refractivity contribution in [2.75, 3.05) is 0 Å². The highest BCUT2D eigenvalue weighted by Gasteiger charge is 2.39. The Bertz CT molecular complexity index is 82.4. The first kappa shape index (κ1) is 6.09. The fourth-order valence-electron chi connectivity index (χ4n) is 0.757. The van der Waals surface area contributed by atoms with Gasteiger partial charge in [0.25, 0.3) is 0 Å². The second-order valence-corrected chi connectivity index (χ2v) is 2.85. The van der Waals surface area contributed by atoms with Crippen LogP contribution in [0.1, 0.15) is 26.7 Å². The van der Waals surface area contributed by atoms with Gasteiger partial charge in [-0.1, -0.05) is 0 Å². The van der Waals surface area contributed by atoms with Gasteiger partial charge in [0.1, 0.15) is 0 Å². The summed E-state index contributed by atoms with van der Waals surface area (Å²) in [6.07, 6.45) is 2.63. The van der Waals surface area contributed by atoms with Gasteiger partial charge in [0.15, 0.2) is 0 Å². The van der Waals surface area contributed by atoms with E-state index in [1.807, 2.05) is 13.8 Å². The van der Waals surface area contributed by atoms with Gasteiger partial charge in [-0.05, 0) is 33.6 Å². The van der Waals surface area contributed by atoms with Crippen LogP contribution in [0.3, 0.4) is 0 Å². The van der Waals surface area contributed by atoms with Gasteiger partial charge < -0.3 is 4.74 Å². The van der Waals surface area contributed by atoms with E-state index in [4.69, 9.17) is 4.74 Å². The van der Waals surface area contributed by atoms with Crippen molar-refractivity contribution >= 4 is 0 Å². The lowest BCUT2D eigenvalue weighted by atomic mass is 10.4. The third-order valence-corrected chi connectivity index (χ3v) is 1.29. The minimum Gasteiger partial charge on any atom is -0.372 e. The molecule has 0 amide bonds. The first-order valence-electron chi connectivity index (χ1n) is 3.16. The van der Waals surface area contributed by atoms with E-state index in [9.17, 15) is 0 Å².